The van der Waals surface area contributed by atoms with Crippen molar-refractivity contribution in [3.63, 3.8) is 0 Å². The summed E-state index contributed by atoms with van der Waals surface area (Å²) in [6.07, 6.45) is 6.87. The van der Waals surface area contributed by atoms with Crippen molar-refractivity contribution in [3.05, 3.63) is 45.6 Å². The van der Waals surface area contributed by atoms with Gasteiger partial charge in [-0.15, -0.1) is 13.8 Å². The van der Waals surface area contributed by atoms with E-state index in [1.54, 1.807) is 0 Å². The van der Waals surface area contributed by atoms with Crippen LogP contribution < -0.4 is 48.0 Å². The first-order valence-corrected chi connectivity index (χ1v) is 7.50. The van der Waals surface area contributed by atoms with Gasteiger partial charge >= 0.3 is 21.7 Å². The Morgan fingerprint density at radius 2 is 0.783 bits per heavy atom. The molecule has 0 saturated heterocycles. The summed E-state index contributed by atoms with van der Waals surface area (Å²) >= 11 is 0. The Hall–Kier alpha value is 1.13. The summed E-state index contributed by atoms with van der Waals surface area (Å²) in [5.74, 6) is 0. The molecule has 0 heterocycles. The van der Waals surface area contributed by atoms with Crippen LogP contribution in [0.15, 0.2) is 33.4 Å². The molecule has 0 spiro atoms. The van der Waals surface area contributed by atoms with Crippen molar-refractivity contribution in [3.8, 4) is 0 Å². The minimum absolute atomic E-state index is 0. The average molecular weight is 572 g/mol. The van der Waals surface area contributed by atoms with Gasteiger partial charge in [0, 0.05) is 0 Å². The average Bonchev–Trinajstić information content (AvgIpc) is 2.60. The summed E-state index contributed by atoms with van der Waals surface area (Å²) in [5, 5.41) is 0. The van der Waals surface area contributed by atoms with Crippen molar-refractivity contribution in [1.29, 1.82) is 0 Å². The third kappa shape index (κ3) is 6.75. The second kappa shape index (κ2) is 10.3. The number of hydrogen-bond donors (Lipinski definition) is 0. The van der Waals surface area contributed by atoms with Crippen LogP contribution in [0.25, 0.3) is 0 Å². The fourth-order valence-electron chi connectivity index (χ4n) is 2.81. The molecule has 0 aromatic heterocycles. The van der Waals surface area contributed by atoms with Crippen LogP contribution in [0.2, 0.25) is 0 Å². The van der Waals surface area contributed by atoms with E-state index in [4.69, 9.17) is 0 Å². The van der Waals surface area contributed by atoms with Gasteiger partial charge in [-0.25, -0.2) is 11.1 Å². The first-order valence-electron chi connectivity index (χ1n) is 7.50. The smallest absolute Gasteiger partial charge is 1.00 e. The molecule has 0 aromatic rings. The van der Waals surface area contributed by atoms with Crippen molar-refractivity contribution in [2.75, 3.05) is 0 Å². The molecule has 2 rings (SSSR count). The van der Waals surface area contributed by atoms with Crippen LogP contribution in [-0.4, -0.2) is 0 Å². The second-order valence-corrected chi connectivity index (χ2v) is 7.25. The van der Waals surface area contributed by atoms with Crippen LogP contribution >= 0.6 is 0 Å². The van der Waals surface area contributed by atoms with Crippen LogP contribution in [0.1, 0.15) is 69.2 Å². The van der Waals surface area contributed by atoms with Gasteiger partial charge in [0.25, 0.3) is 0 Å². The number of rotatable bonds is 0. The van der Waals surface area contributed by atoms with Crippen LogP contribution in [0.4, 0.5) is 0 Å². The molecule has 23 heavy (non-hydrogen) atoms. The maximum Gasteiger partial charge on any atom is 4.00 e. The number of allylic oxidation sites excluding steroid dienone is 8. The van der Waals surface area contributed by atoms with Gasteiger partial charge in [0.15, 0.2) is 0 Å². The molecule has 0 bridgehead atoms. The molecule has 0 atom stereocenters. The van der Waals surface area contributed by atoms with E-state index in [-0.39, 0.29) is 80.5 Å². The van der Waals surface area contributed by atoms with Crippen molar-refractivity contribution in [1.82, 2.24) is 0 Å². The van der Waals surface area contributed by atoms with Gasteiger partial charge in [-0.1, -0.05) is 66.2 Å². The van der Waals surface area contributed by atoms with Crippen molar-refractivity contribution < 1.29 is 69.7 Å². The van der Waals surface area contributed by atoms with Gasteiger partial charge in [-0.3, -0.25) is 12.2 Å². The van der Waals surface area contributed by atoms with E-state index < -0.39 is 0 Å². The molecule has 0 unspecified atom stereocenters. The first kappa shape index (κ1) is 28.9. The standard InChI is InChI=1S/2C10H15.2HI.Ti/c2*1-7-6-10(4,5)9(3)8(7)2;;;/h2*1-5H3;2*1H;/q2*-1;;;+4/p-2. The van der Waals surface area contributed by atoms with Gasteiger partial charge in [0.1, 0.15) is 0 Å². The van der Waals surface area contributed by atoms with E-state index in [1.165, 1.54) is 33.4 Å². The number of hydrogen-bond acceptors (Lipinski definition) is 0. The SMILES string of the molecule is CC1=[C-]C(C)(C)C(C)=C1C.CC1=[C-]C(C)(C)C(C)=C1C.[I-].[I-].[Ti+4]. The zero-order valence-corrected chi connectivity index (χ0v) is 22.1. The molecule has 0 aliphatic heterocycles. The van der Waals surface area contributed by atoms with E-state index in [9.17, 15) is 0 Å². The summed E-state index contributed by atoms with van der Waals surface area (Å²) in [7, 11) is 0. The minimum atomic E-state index is 0. The van der Waals surface area contributed by atoms with Gasteiger partial charge in [-0.05, 0) is 0 Å². The zero-order chi connectivity index (χ0) is 15.9. The van der Waals surface area contributed by atoms with Crippen LogP contribution in [0, 0.1) is 23.0 Å². The molecule has 0 fully saturated rings. The summed E-state index contributed by atoms with van der Waals surface area (Å²) < 4.78 is 0. The predicted molar refractivity (Wildman–Crippen MR) is 89.2 cm³/mol. The molecule has 0 radical (unpaired) electrons. The molecule has 2 aliphatic rings. The van der Waals surface area contributed by atoms with Crippen LogP contribution in [0.5, 0.6) is 0 Å². The van der Waals surface area contributed by atoms with Gasteiger partial charge < -0.3 is 48.0 Å². The summed E-state index contributed by atoms with van der Waals surface area (Å²) in [5.41, 5.74) is 8.79. The maximum absolute atomic E-state index is 3.44. The molecule has 2 aliphatic carbocycles. The molecular weight excluding hydrogens is 542 g/mol. The summed E-state index contributed by atoms with van der Waals surface area (Å²) in [4.78, 5) is 0. The van der Waals surface area contributed by atoms with Crippen molar-refractivity contribution >= 4 is 0 Å². The maximum atomic E-state index is 3.44. The minimum Gasteiger partial charge on any atom is -1.00 e. The molecule has 0 saturated carbocycles. The largest absolute Gasteiger partial charge is 4.00 e. The Balaban J connectivity index is -0.000000308. The Labute approximate surface area is 193 Å². The molecule has 0 N–H and O–H groups in total. The summed E-state index contributed by atoms with van der Waals surface area (Å²) in [6.45, 7) is 21.8. The van der Waals surface area contributed by atoms with Crippen molar-refractivity contribution in [2.45, 2.75) is 69.2 Å². The van der Waals surface area contributed by atoms with Crippen LogP contribution in [-0.2, 0) is 21.7 Å². The Morgan fingerprint density at radius 1 is 0.565 bits per heavy atom. The topological polar surface area (TPSA) is 0 Å². The van der Waals surface area contributed by atoms with Gasteiger partial charge in [0.2, 0.25) is 0 Å². The monoisotopic (exact) mass is 572 g/mol. The normalized spacial score (nSPS) is 20.4. The van der Waals surface area contributed by atoms with Gasteiger partial charge in [-0.2, -0.15) is 22.3 Å². The Bertz CT molecular complexity index is 494. The quantitative estimate of drug-likeness (QED) is 0.222. The molecule has 0 aromatic carbocycles. The van der Waals surface area contributed by atoms with E-state index >= 15 is 0 Å². The Morgan fingerprint density at radius 3 is 0.826 bits per heavy atom. The fourth-order valence-corrected chi connectivity index (χ4v) is 2.81. The summed E-state index contributed by atoms with van der Waals surface area (Å²) in [6, 6.07) is 0. The zero-order valence-electron chi connectivity index (χ0n) is 16.3. The molecule has 3 heteroatoms. The third-order valence-electron chi connectivity index (χ3n) is 5.12. The molecule has 128 valence electrons. The second-order valence-electron chi connectivity index (χ2n) is 7.25. The molecule has 0 nitrogen and oxygen atoms in total. The van der Waals surface area contributed by atoms with E-state index in [0.717, 1.165) is 0 Å². The molecule has 0 amide bonds. The van der Waals surface area contributed by atoms with Crippen molar-refractivity contribution in [2.24, 2.45) is 10.8 Å². The van der Waals surface area contributed by atoms with Crippen LogP contribution in [0.3, 0.4) is 0 Å². The number of halogens is 2. The van der Waals surface area contributed by atoms with E-state index in [1.807, 2.05) is 0 Å². The van der Waals surface area contributed by atoms with Gasteiger partial charge in [0.05, 0.1) is 0 Å². The molecular formula is C20H30I2Ti. The van der Waals surface area contributed by atoms with E-state index in [2.05, 4.69) is 81.4 Å². The fraction of sp³-hybridized carbons (Fsp3) is 0.600. The predicted octanol–water partition coefficient (Wildman–Crippen LogP) is 0.230. The van der Waals surface area contributed by atoms with E-state index in [0.29, 0.717) is 0 Å². The Kier molecular flexibility index (Phi) is 13.0. The first-order chi connectivity index (χ1) is 8.90. The third-order valence-corrected chi connectivity index (χ3v) is 5.12.